The summed E-state index contributed by atoms with van der Waals surface area (Å²) in [6.45, 7) is 1.92. The number of halogens is 1. The molecular formula is C25H21FN4O. The van der Waals surface area contributed by atoms with Crippen molar-refractivity contribution in [3.63, 3.8) is 0 Å². The van der Waals surface area contributed by atoms with E-state index >= 15 is 0 Å². The Hall–Kier alpha value is -3.46. The van der Waals surface area contributed by atoms with Crippen LogP contribution in [0.3, 0.4) is 0 Å². The van der Waals surface area contributed by atoms with E-state index in [1.165, 1.54) is 12.1 Å². The standard InChI is InChI=1S/C25H21FN4O/c1-15-21-9-4-16-14-29-24(17-3-2-10-28-13-17)30-23(16)25(21,11-18(12-27)22(15)31)19-5-7-20(26)8-6-19/h2-3,5-8,10,13-15,18,21H,4,9,11H2,1H3/t15-,18?,21-,25-/m0/s1. The molecule has 1 aromatic carbocycles. The molecule has 1 fully saturated rings. The molecule has 0 bridgehead atoms. The van der Waals surface area contributed by atoms with E-state index in [1.807, 2.05) is 25.3 Å². The lowest BCUT2D eigenvalue weighted by molar-refractivity contribution is -0.131. The van der Waals surface area contributed by atoms with E-state index in [0.29, 0.717) is 12.2 Å². The molecule has 0 N–H and O–H groups in total. The summed E-state index contributed by atoms with van der Waals surface area (Å²) >= 11 is 0. The number of nitrogens with zero attached hydrogens (tertiary/aromatic N) is 4. The van der Waals surface area contributed by atoms with E-state index in [2.05, 4.69) is 16.0 Å². The molecule has 0 saturated heterocycles. The molecule has 5 nitrogen and oxygen atoms in total. The number of benzene rings is 1. The van der Waals surface area contributed by atoms with Crippen molar-refractivity contribution in [2.24, 2.45) is 17.8 Å². The van der Waals surface area contributed by atoms with Gasteiger partial charge in [-0.15, -0.1) is 0 Å². The fourth-order valence-corrected chi connectivity index (χ4v) is 5.53. The van der Waals surface area contributed by atoms with Crippen LogP contribution in [0, 0.1) is 34.9 Å². The monoisotopic (exact) mass is 412 g/mol. The van der Waals surface area contributed by atoms with E-state index in [-0.39, 0.29) is 23.4 Å². The molecule has 4 atom stereocenters. The number of aromatic nitrogens is 3. The van der Waals surface area contributed by atoms with Gasteiger partial charge in [0.1, 0.15) is 11.7 Å². The topological polar surface area (TPSA) is 79.5 Å². The van der Waals surface area contributed by atoms with Gasteiger partial charge in [-0.05, 0) is 60.6 Å². The summed E-state index contributed by atoms with van der Waals surface area (Å²) in [6.07, 6.45) is 7.19. The molecule has 2 aromatic heterocycles. The highest BCUT2D eigenvalue weighted by molar-refractivity contribution is 5.87. The van der Waals surface area contributed by atoms with Crippen LogP contribution in [0.15, 0.2) is 55.0 Å². The van der Waals surface area contributed by atoms with Gasteiger partial charge >= 0.3 is 0 Å². The molecule has 2 aliphatic rings. The lowest BCUT2D eigenvalue weighted by atomic mass is 9.51. The van der Waals surface area contributed by atoms with E-state index in [4.69, 9.17) is 4.98 Å². The third-order valence-electron chi connectivity index (χ3n) is 7.00. The first-order valence-corrected chi connectivity index (χ1v) is 10.5. The van der Waals surface area contributed by atoms with Gasteiger partial charge in [-0.1, -0.05) is 19.1 Å². The van der Waals surface area contributed by atoms with Gasteiger partial charge in [0.25, 0.3) is 0 Å². The van der Waals surface area contributed by atoms with Crippen LogP contribution in [-0.4, -0.2) is 20.7 Å². The Labute approximate surface area is 180 Å². The molecule has 0 aliphatic heterocycles. The molecule has 2 aliphatic carbocycles. The number of rotatable bonds is 2. The minimum absolute atomic E-state index is 0.00442. The quantitative estimate of drug-likeness (QED) is 0.628. The highest BCUT2D eigenvalue weighted by Gasteiger charge is 2.56. The largest absolute Gasteiger partial charge is 0.298 e. The van der Waals surface area contributed by atoms with Gasteiger partial charge in [0.05, 0.1) is 11.8 Å². The predicted octanol–water partition coefficient (Wildman–Crippen LogP) is 4.27. The van der Waals surface area contributed by atoms with Crippen LogP contribution in [0.1, 0.15) is 36.6 Å². The molecule has 0 radical (unpaired) electrons. The Morgan fingerprint density at radius 3 is 2.71 bits per heavy atom. The van der Waals surface area contributed by atoms with E-state index < -0.39 is 11.3 Å². The number of hydrogen-bond donors (Lipinski definition) is 0. The second-order valence-electron chi connectivity index (χ2n) is 8.51. The summed E-state index contributed by atoms with van der Waals surface area (Å²) in [6, 6.07) is 12.4. The van der Waals surface area contributed by atoms with Crippen LogP contribution >= 0.6 is 0 Å². The minimum Gasteiger partial charge on any atom is -0.298 e. The van der Waals surface area contributed by atoms with Crippen molar-refractivity contribution in [3.8, 4) is 17.5 Å². The van der Waals surface area contributed by atoms with Crippen LogP contribution in [0.5, 0.6) is 0 Å². The van der Waals surface area contributed by atoms with Gasteiger partial charge in [-0.2, -0.15) is 5.26 Å². The van der Waals surface area contributed by atoms with Crippen molar-refractivity contribution in [1.82, 2.24) is 15.0 Å². The number of hydrogen-bond acceptors (Lipinski definition) is 5. The van der Waals surface area contributed by atoms with Crippen molar-refractivity contribution in [1.29, 1.82) is 5.26 Å². The van der Waals surface area contributed by atoms with Crippen molar-refractivity contribution < 1.29 is 9.18 Å². The Balaban J connectivity index is 1.77. The molecule has 2 heterocycles. The summed E-state index contributed by atoms with van der Waals surface area (Å²) in [7, 11) is 0. The number of Topliss-reactive ketones (excluding diaryl/α,β-unsaturated/α-hetero) is 1. The lowest BCUT2D eigenvalue weighted by Gasteiger charge is -2.51. The van der Waals surface area contributed by atoms with Gasteiger partial charge < -0.3 is 0 Å². The zero-order valence-electron chi connectivity index (χ0n) is 17.1. The number of pyridine rings is 1. The molecule has 1 saturated carbocycles. The maximum Gasteiger partial charge on any atom is 0.160 e. The average molecular weight is 412 g/mol. The molecule has 5 rings (SSSR count). The number of ketones is 1. The second kappa shape index (κ2) is 7.35. The van der Waals surface area contributed by atoms with Crippen molar-refractivity contribution >= 4 is 5.78 Å². The molecule has 1 unspecified atom stereocenters. The molecule has 3 aromatic rings. The Morgan fingerprint density at radius 1 is 1.19 bits per heavy atom. The highest BCUT2D eigenvalue weighted by Crippen LogP contribution is 2.55. The fraction of sp³-hybridized carbons (Fsp3) is 0.320. The average Bonchev–Trinajstić information content (AvgIpc) is 2.81. The smallest absolute Gasteiger partial charge is 0.160 e. The summed E-state index contributed by atoms with van der Waals surface area (Å²) in [5.74, 6) is -0.780. The molecule has 0 spiro atoms. The third kappa shape index (κ3) is 2.96. The van der Waals surface area contributed by atoms with Crippen molar-refractivity contribution in [2.75, 3.05) is 0 Å². The summed E-state index contributed by atoms with van der Waals surface area (Å²) < 4.78 is 13.8. The van der Waals surface area contributed by atoms with Crippen LogP contribution < -0.4 is 0 Å². The maximum absolute atomic E-state index is 13.8. The van der Waals surface area contributed by atoms with Gasteiger partial charge in [-0.3, -0.25) is 9.78 Å². The Morgan fingerprint density at radius 2 is 2.00 bits per heavy atom. The van der Waals surface area contributed by atoms with E-state index in [0.717, 1.165) is 35.2 Å². The minimum atomic E-state index is -0.723. The number of carbonyl (C=O) groups is 1. The van der Waals surface area contributed by atoms with Gasteiger partial charge in [0.2, 0.25) is 0 Å². The summed E-state index contributed by atoms with van der Waals surface area (Å²) in [4.78, 5) is 26.7. The summed E-state index contributed by atoms with van der Waals surface area (Å²) in [5, 5.41) is 9.78. The number of nitriles is 1. The maximum atomic E-state index is 13.8. The highest BCUT2D eigenvalue weighted by atomic mass is 19.1. The Bertz CT molecular complexity index is 1190. The first-order valence-electron chi connectivity index (χ1n) is 10.5. The molecular weight excluding hydrogens is 391 g/mol. The lowest BCUT2D eigenvalue weighted by Crippen LogP contribution is -2.53. The van der Waals surface area contributed by atoms with Gasteiger partial charge in [0.15, 0.2) is 11.6 Å². The zero-order valence-corrected chi connectivity index (χ0v) is 17.1. The summed E-state index contributed by atoms with van der Waals surface area (Å²) in [5.41, 5.74) is 2.93. The third-order valence-corrected chi connectivity index (χ3v) is 7.00. The van der Waals surface area contributed by atoms with Crippen LogP contribution in [0.4, 0.5) is 4.39 Å². The molecule has 31 heavy (non-hydrogen) atoms. The second-order valence-corrected chi connectivity index (χ2v) is 8.51. The van der Waals surface area contributed by atoms with E-state index in [9.17, 15) is 14.4 Å². The number of carbonyl (C=O) groups excluding carboxylic acids is 1. The zero-order chi connectivity index (χ0) is 21.6. The molecule has 0 amide bonds. The van der Waals surface area contributed by atoms with Crippen molar-refractivity contribution in [2.45, 2.75) is 31.6 Å². The SMILES string of the molecule is C[C@@H]1C(=O)C(C#N)C[C@@]2(c3ccc(F)cc3)c3nc(-c4cccnc4)ncc3CC[C@@H]12. The fourth-order valence-electron chi connectivity index (χ4n) is 5.53. The molecule has 154 valence electrons. The predicted molar refractivity (Wildman–Crippen MR) is 112 cm³/mol. The van der Waals surface area contributed by atoms with Crippen LogP contribution in [0.2, 0.25) is 0 Å². The first kappa shape index (κ1) is 19.5. The van der Waals surface area contributed by atoms with Crippen LogP contribution in [-0.2, 0) is 16.6 Å². The Kier molecular flexibility index (Phi) is 4.62. The van der Waals surface area contributed by atoms with E-state index in [1.54, 1.807) is 24.5 Å². The normalized spacial score (nSPS) is 27.1. The van der Waals surface area contributed by atoms with Crippen molar-refractivity contribution in [3.05, 3.63) is 77.6 Å². The first-order chi connectivity index (χ1) is 15.0. The van der Waals surface area contributed by atoms with Gasteiger partial charge in [0, 0.05) is 35.5 Å². The molecule has 6 heteroatoms. The van der Waals surface area contributed by atoms with Gasteiger partial charge in [-0.25, -0.2) is 14.4 Å². The number of fused-ring (bicyclic) bond motifs is 3. The number of aryl methyl sites for hydroxylation is 1. The van der Waals surface area contributed by atoms with Crippen LogP contribution in [0.25, 0.3) is 11.4 Å².